The van der Waals surface area contributed by atoms with Crippen molar-refractivity contribution in [2.45, 2.75) is 46.3 Å². The van der Waals surface area contributed by atoms with Crippen molar-refractivity contribution in [2.24, 2.45) is 0 Å². The predicted molar refractivity (Wildman–Crippen MR) is 82.7 cm³/mol. The van der Waals surface area contributed by atoms with E-state index >= 15 is 0 Å². The van der Waals surface area contributed by atoms with Gasteiger partial charge in [0.2, 0.25) is 5.95 Å². The van der Waals surface area contributed by atoms with Gasteiger partial charge in [0, 0.05) is 24.5 Å². The van der Waals surface area contributed by atoms with Gasteiger partial charge in [-0.05, 0) is 39.3 Å². The molecular formula is C16H23N3O. The molecule has 2 rings (SSSR count). The molecular weight excluding hydrogens is 250 g/mol. The molecule has 0 radical (unpaired) electrons. The van der Waals surface area contributed by atoms with E-state index in [1.165, 1.54) is 0 Å². The van der Waals surface area contributed by atoms with Gasteiger partial charge in [0.05, 0.1) is 11.8 Å². The fourth-order valence-corrected chi connectivity index (χ4v) is 1.90. The van der Waals surface area contributed by atoms with Crippen molar-refractivity contribution in [3.05, 3.63) is 36.7 Å². The Morgan fingerprint density at radius 3 is 2.80 bits per heavy atom. The summed E-state index contributed by atoms with van der Waals surface area (Å²) in [5, 5.41) is 3.33. The molecule has 1 N–H and O–H groups in total. The van der Waals surface area contributed by atoms with E-state index in [1.807, 2.05) is 29.0 Å². The average Bonchev–Trinajstić information content (AvgIpc) is 2.86. The van der Waals surface area contributed by atoms with Crippen molar-refractivity contribution in [2.75, 3.05) is 5.32 Å². The van der Waals surface area contributed by atoms with E-state index in [2.05, 4.69) is 44.1 Å². The third-order valence-electron chi connectivity index (χ3n) is 3.07. The van der Waals surface area contributed by atoms with Gasteiger partial charge in [-0.15, -0.1) is 0 Å². The van der Waals surface area contributed by atoms with E-state index in [0.717, 1.165) is 23.8 Å². The number of aromatic nitrogens is 2. The number of benzene rings is 1. The molecule has 0 saturated carbocycles. The average molecular weight is 273 g/mol. The van der Waals surface area contributed by atoms with Crippen molar-refractivity contribution in [1.29, 1.82) is 0 Å². The van der Waals surface area contributed by atoms with Crippen LogP contribution in [0.3, 0.4) is 0 Å². The summed E-state index contributed by atoms with van der Waals surface area (Å²) < 4.78 is 7.90. The van der Waals surface area contributed by atoms with Crippen molar-refractivity contribution < 1.29 is 4.74 Å². The second kappa shape index (κ2) is 6.46. The standard InChI is InChI=1S/C16H23N3O/c1-5-13(4)20-15-8-6-7-14(11-15)19-10-9-17-16(19)18-12(2)3/h6-13H,5H2,1-4H3,(H,17,18). The lowest BCUT2D eigenvalue weighted by Gasteiger charge is -2.15. The molecule has 0 saturated heterocycles. The highest BCUT2D eigenvalue weighted by Crippen LogP contribution is 2.21. The predicted octanol–water partition coefficient (Wildman–Crippen LogP) is 3.87. The summed E-state index contributed by atoms with van der Waals surface area (Å²) in [6.45, 7) is 8.40. The van der Waals surface area contributed by atoms with Crippen LogP contribution in [0.4, 0.5) is 5.95 Å². The van der Waals surface area contributed by atoms with Gasteiger partial charge in [-0.1, -0.05) is 13.0 Å². The maximum absolute atomic E-state index is 5.87. The van der Waals surface area contributed by atoms with Crippen LogP contribution in [0.5, 0.6) is 5.75 Å². The van der Waals surface area contributed by atoms with E-state index in [9.17, 15) is 0 Å². The highest BCUT2D eigenvalue weighted by Gasteiger charge is 2.08. The summed E-state index contributed by atoms with van der Waals surface area (Å²) in [6.07, 6.45) is 4.97. The SMILES string of the molecule is CCC(C)Oc1cccc(-n2ccnc2NC(C)C)c1. The maximum atomic E-state index is 5.87. The first kappa shape index (κ1) is 14.4. The smallest absolute Gasteiger partial charge is 0.207 e. The van der Waals surface area contributed by atoms with E-state index in [0.29, 0.717) is 6.04 Å². The van der Waals surface area contributed by atoms with Crippen LogP contribution in [-0.4, -0.2) is 21.7 Å². The second-order valence-electron chi connectivity index (χ2n) is 5.25. The number of hydrogen-bond acceptors (Lipinski definition) is 3. The number of anilines is 1. The van der Waals surface area contributed by atoms with Gasteiger partial charge in [-0.2, -0.15) is 0 Å². The van der Waals surface area contributed by atoms with Crippen LogP contribution < -0.4 is 10.1 Å². The molecule has 1 unspecified atom stereocenters. The molecule has 4 nitrogen and oxygen atoms in total. The van der Waals surface area contributed by atoms with E-state index in [1.54, 1.807) is 6.20 Å². The molecule has 20 heavy (non-hydrogen) atoms. The molecule has 0 amide bonds. The Morgan fingerprint density at radius 1 is 1.30 bits per heavy atom. The lowest BCUT2D eigenvalue weighted by Crippen LogP contribution is -2.14. The van der Waals surface area contributed by atoms with Crippen molar-refractivity contribution in [3.8, 4) is 11.4 Å². The van der Waals surface area contributed by atoms with Crippen LogP contribution in [0.15, 0.2) is 36.7 Å². The third kappa shape index (κ3) is 3.53. The monoisotopic (exact) mass is 273 g/mol. The van der Waals surface area contributed by atoms with Gasteiger partial charge in [-0.3, -0.25) is 4.57 Å². The van der Waals surface area contributed by atoms with Crippen LogP contribution in [0.25, 0.3) is 5.69 Å². The zero-order valence-electron chi connectivity index (χ0n) is 12.6. The Balaban J connectivity index is 2.24. The van der Waals surface area contributed by atoms with Crippen molar-refractivity contribution in [1.82, 2.24) is 9.55 Å². The van der Waals surface area contributed by atoms with Crippen LogP contribution in [0, 0.1) is 0 Å². The van der Waals surface area contributed by atoms with Crippen molar-refractivity contribution in [3.63, 3.8) is 0 Å². The summed E-state index contributed by atoms with van der Waals surface area (Å²) in [5.41, 5.74) is 1.05. The highest BCUT2D eigenvalue weighted by molar-refractivity contribution is 5.45. The van der Waals surface area contributed by atoms with E-state index in [4.69, 9.17) is 4.74 Å². The van der Waals surface area contributed by atoms with Gasteiger partial charge in [-0.25, -0.2) is 4.98 Å². The highest BCUT2D eigenvalue weighted by atomic mass is 16.5. The number of nitrogens with zero attached hydrogens (tertiary/aromatic N) is 2. The molecule has 108 valence electrons. The minimum absolute atomic E-state index is 0.223. The molecule has 1 aromatic heterocycles. The second-order valence-corrected chi connectivity index (χ2v) is 5.25. The normalized spacial score (nSPS) is 12.4. The quantitative estimate of drug-likeness (QED) is 0.868. The van der Waals surface area contributed by atoms with Gasteiger partial charge < -0.3 is 10.1 Å². The number of hydrogen-bond donors (Lipinski definition) is 1. The first-order valence-corrected chi connectivity index (χ1v) is 7.17. The summed E-state index contributed by atoms with van der Waals surface area (Å²) in [5.74, 6) is 1.74. The Kier molecular flexibility index (Phi) is 4.66. The maximum Gasteiger partial charge on any atom is 0.207 e. The Bertz CT molecular complexity index is 548. The lowest BCUT2D eigenvalue weighted by molar-refractivity contribution is 0.217. The zero-order valence-corrected chi connectivity index (χ0v) is 12.6. The Morgan fingerprint density at radius 2 is 2.10 bits per heavy atom. The molecule has 0 bridgehead atoms. The molecule has 0 spiro atoms. The minimum atomic E-state index is 0.223. The van der Waals surface area contributed by atoms with E-state index < -0.39 is 0 Å². The van der Waals surface area contributed by atoms with Gasteiger partial charge in [0.25, 0.3) is 0 Å². The number of rotatable bonds is 6. The molecule has 0 fully saturated rings. The Labute approximate surface area is 120 Å². The fraction of sp³-hybridized carbons (Fsp3) is 0.438. The lowest BCUT2D eigenvalue weighted by atomic mass is 10.2. The Hall–Kier alpha value is -1.97. The van der Waals surface area contributed by atoms with E-state index in [-0.39, 0.29) is 6.10 Å². The molecule has 2 aromatic rings. The number of ether oxygens (including phenoxy) is 1. The van der Waals surface area contributed by atoms with Crippen LogP contribution in [0.2, 0.25) is 0 Å². The van der Waals surface area contributed by atoms with Crippen molar-refractivity contribution >= 4 is 5.95 Å². The van der Waals surface area contributed by atoms with Crippen LogP contribution in [-0.2, 0) is 0 Å². The van der Waals surface area contributed by atoms with Gasteiger partial charge >= 0.3 is 0 Å². The molecule has 0 aliphatic heterocycles. The summed E-state index contributed by atoms with van der Waals surface area (Å²) in [6, 6.07) is 8.43. The largest absolute Gasteiger partial charge is 0.491 e. The number of nitrogens with one attached hydrogen (secondary N) is 1. The number of imidazole rings is 1. The summed E-state index contributed by atoms with van der Waals surface area (Å²) in [7, 11) is 0. The van der Waals surface area contributed by atoms with Crippen LogP contribution in [0.1, 0.15) is 34.1 Å². The minimum Gasteiger partial charge on any atom is -0.491 e. The van der Waals surface area contributed by atoms with Crippen LogP contribution >= 0.6 is 0 Å². The first-order chi connectivity index (χ1) is 9.60. The summed E-state index contributed by atoms with van der Waals surface area (Å²) in [4.78, 5) is 4.35. The topological polar surface area (TPSA) is 39.1 Å². The van der Waals surface area contributed by atoms with Gasteiger partial charge in [0.15, 0.2) is 0 Å². The fourth-order valence-electron chi connectivity index (χ4n) is 1.90. The zero-order chi connectivity index (χ0) is 14.5. The summed E-state index contributed by atoms with van der Waals surface area (Å²) >= 11 is 0. The van der Waals surface area contributed by atoms with Gasteiger partial charge in [0.1, 0.15) is 5.75 Å². The molecule has 1 heterocycles. The first-order valence-electron chi connectivity index (χ1n) is 7.17. The molecule has 0 aliphatic carbocycles. The third-order valence-corrected chi connectivity index (χ3v) is 3.07. The molecule has 1 aromatic carbocycles. The molecule has 1 atom stereocenters. The molecule has 4 heteroatoms. The molecule has 0 aliphatic rings.